The van der Waals surface area contributed by atoms with Gasteiger partial charge < -0.3 is 4.90 Å². The fourth-order valence-electron chi connectivity index (χ4n) is 9.07. The number of aromatic nitrogens is 1. The van der Waals surface area contributed by atoms with Crippen LogP contribution in [0.5, 0.6) is 0 Å². The monoisotopic (exact) mass is 666 g/mol. The zero-order valence-electron chi connectivity index (χ0n) is 29.6. The van der Waals surface area contributed by atoms with Crippen molar-refractivity contribution in [2.75, 3.05) is 4.90 Å². The van der Waals surface area contributed by atoms with Gasteiger partial charge in [0, 0.05) is 27.5 Å². The molecule has 2 aliphatic carbocycles. The second-order valence-corrected chi connectivity index (χ2v) is 14.9. The van der Waals surface area contributed by atoms with E-state index in [0.717, 1.165) is 28.3 Å². The summed E-state index contributed by atoms with van der Waals surface area (Å²) in [5, 5.41) is 2.42. The summed E-state index contributed by atoms with van der Waals surface area (Å²) in [4.78, 5) is 7.41. The maximum Gasteiger partial charge on any atom is 0.0703 e. The molecule has 8 aromatic rings. The average molecular weight is 667 g/mol. The predicted molar refractivity (Wildman–Crippen MR) is 217 cm³/mol. The Morgan fingerprint density at radius 2 is 1.08 bits per heavy atom. The van der Waals surface area contributed by atoms with Crippen LogP contribution in [-0.2, 0) is 10.8 Å². The van der Waals surface area contributed by atoms with Gasteiger partial charge in [-0.15, -0.1) is 0 Å². The van der Waals surface area contributed by atoms with Gasteiger partial charge in [0.2, 0.25) is 0 Å². The Labute approximate surface area is 305 Å². The van der Waals surface area contributed by atoms with E-state index in [2.05, 4.69) is 196 Å². The molecule has 0 aliphatic heterocycles. The molecule has 2 nitrogen and oxygen atoms in total. The first-order chi connectivity index (χ1) is 25.4. The Balaban J connectivity index is 1.02. The van der Waals surface area contributed by atoms with Crippen LogP contribution in [0.1, 0.15) is 48.6 Å². The Kier molecular flexibility index (Phi) is 6.69. The van der Waals surface area contributed by atoms with Crippen LogP contribution in [0.4, 0.5) is 17.1 Å². The first-order valence-electron chi connectivity index (χ1n) is 18.2. The molecule has 0 bridgehead atoms. The number of benzene rings is 7. The normalized spacial score (nSPS) is 14.4. The topological polar surface area (TPSA) is 16.1 Å². The lowest BCUT2D eigenvalue weighted by atomic mass is 9.72. The van der Waals surface area contributed by atoms with Gasteiger partial charge in [-0.3, -0.25) is 4.98 Å². The van der Waals surface area contributed by atoms with Crippen LogP contribution < -0.4 is 4.90 Å². The van der Waals surface area contributed by atoms with Gasteiger partial charge in [-0.1, -0.05) is 147 Å². The van der Waals surface area contributed by atoms with Gasteiger partial charge in [0.1, 0.15) is 0 Å². The highest BCUT2D eigenvalue weighted by atomic mass is 15.1. The number of hydrogen-bond acceptors (Lipinski definition) is 2. The number of fused-ring (bicyclic) bond motifs is 7. The van der Waals surface area contributed by atoms with Gasteiger partial charge in [0.05, 0.1) is 23.3 Å². The summed E-state index contributed by atoms with van der Waals surface area (Å²) in [7, 11) is 0. The highest BCUT2D eigenvalue weighted by molar-refractivity contribution is 5.99. The quantitative estimate of drug-likeness (QED) is 0.182. The molecule has 1 aromatic heterocycles. The molecule has 0 atom stereocenters. The lowest BCUT2D eigenvalue weighted by molar-refractivity contribution is 0.652. The average Bonchev–Trinajstić information content (AvgIpc) is 3.60. The van der Waals surface area contributed by atoms with Crippen molar-refractivity contribution in [1.29, 1.82) is 0 Å². The lowest BCUT2D eigenvalue weighted by Crippen LogP contribution is -2.24. The third kappa shape index (κ3) is 4.40. The third-order valence-electron chi connectivity index (χ3n) is 11.8. The maximum absolute atomic E-state index is 5.10. The summed E-state index contributed by atoms with van der Waals surface area (Å²) in [6.45, 7) is 7.16. The molecular weight excluding hydrogens is 629 g/mol. The van der Waals surface area contributed by atoms with E-state index in [0.29, 0.717) is 0 Å². The zero-order valence-corrected chi connectivity index (χ0v) is 29.6. The highest BCUT2D eigenvalue weighted by Crippen LogP contribution is 2.55. The number of pyridine rings is 1. The fourth-order valence-corrected chi connectivity index (χ4v) is 9.07. The molecule has 0 N–H and O–H groups in total. The number of anilines is 3. The lowest BCUT2D eigenvalue weighted by Gasteiger charge is -2.30. The molecule has 0 fully saturated rings. The van der Waals surface area contributed by atoms with E-state index in [1.807, 2.05) is 6.20 Å². The van der Waals surface area contributed by atoms with Gasteiger partial charge in [0.25, 0.3) is 0 Å². The van der Waals surface area contributed by atoms with Gasteiger partial charge in [-0.05, 0) is 98.8 Å². The van der Waals surface area contributed by atoms with Crippen LogP contribution in [0.2, 0.25) is 0 Å². The molecular formula is C50H38N2. The molecule has 7 aromatic carbocycles. The summed E-state index contributed by atoms with van der Waals surface area (Å²) in [6, 6.07) is 62.0. The first kappa shape index (κ1) is 30.6. The maximum atomic E-state index is 5.10. The summed E-state index contributed by atoms with van der Waals surface area (Å²) >= 11 is 0. The van der Waals surface area contributed by atoms with Gasteiger partial charge in [-0.2, -0.15) is 0 Å². The number of para-hydroxylation sites is 1. The molecule has 1 heterocycles. The Morgan fingerprint density at radius 3 is 1.81 bits per heavy atom. The summed E-state index contributed by atoms with van der Waals surface area (Å²) < 4.78 is 0. The Morgan fingerprint density at radius 1 is 0.462 bits per heavy atom. The minimum Gasteiger partial charge on any atom is -0.308 e. The predicted octanol–water partition coefficient (Wildman–Crippen LogP) is 13.0. The fraction of sp³-hybridized carbons (Fsp3) is 0.100. The van der Waals surface area contributed by atoms with E-state index < -0.39 is 0 Å². The number of rotatable bonds is 5. The summed E-state index contributed by atoms with van der Waals surface area (Å²) in [5.74, 6) is 0. The van der Waals surface area contributed by atoms with E-state index in [4.69, 9.17) is 4.98 Å². The second-order valence-electron chi connectivity index (χ2n) is 14.9. The smallest absolute Gasteiger partial charge is 0.0703 e. The number of hydrogen-bond donors (Lipinski definition) is 0. The van der Waals surface area contributed by atoms with Crippen molar-refractivity contribution >= 4 is 27.8 Å². The summed E-state index contributed by atoms with van der Waals surface area (Å²) in [5.41, 5.74) is 17.2. The van der Waals surface area contributed by atoms with Crippen LogP contribution in [0, 0.1) is 0 Å². The third-order valence-corrected chi connectivity index (χ3v) is 11.8. The van der Waals surface area contributed by atoms with Crippen molar-refractivity contribution in [3.05, 3.63) is 204 Å². The molecule has 0 saturated heterocycles. The molecule has 0 unspecified atom stereocenters. The molecule has 2 heteroatoms. The van der Waals surface area contributed by atoms with Crippen LogP contribution in [0.15, 0.2) is 176 Å². The van der Waals surface area contributed by atoms with E-state index in [-0.39, 0.29) is 10.8 Å². The van der Waals surface area contributed by atoms with Crippen molar-refractivity contribution in [3.63, 3.8) is 0 Å². The summed E-state index contributed by atoms with van der Waals surface area (Å²) in [6.07, 6.45) is 2.02. The molecule has 0 saturated carbocycles. The van der Waals surface area contributed by atoms with Crippen LogP contribution >= 0.6 is 0 Å². The van der Waals surface area contributed by atoms with Crippen LogP contribution in [0.25, 0.3) is 44.3 Å². The SMILES string of the molecule is CC1(C)c2cc(-c3ccc(N(c4ccccc4)c4cccc5ccccc45)cn3)ccc2-c2ccc(C3(C)c4ccccc4-c4ccccc43)cc21. The molecule has 248 valence electrons. The number of nitrogens with zero attached hydrogens (tertiary/aromatic N) is 2. The van der Waals surface area contributed by atoms with Gasteiger partial charge in [-0.25, -0.2) is 0 Å². The van der Waals surface area contributed by atoms with E-state index in [1.54, 1.807) is 0 Å². The van der Waals surface area contributed by atoms with Crippen molar-refractivity contribution in [2.24, 2.45) is 0 Å². The molecule has 0 spiro atoms. The molecule has 10 rings (SSSR count). The Hall–Kier alpha value is -6.25. The van der Waals surface area contributed by atoms with Crippen molar-refractivity contribution in [1.82, 2.24) is 4.98 Å². The minimum atomic E-state index is -0.219. The molecule has 2 aliphatic rings. The Bertz CT molecular complexity index is 2620. The highest BCUT2D eigenvalue weighted by Gasteiger charge is 2.43. The second kappa shape index (κ2) is 11.4. The van der Waals surface area contributed by atoms with E-state index >= 15 is 0 Å². The zero-order chi connectivity index (χ0) is 35.0. The van der Waals surface area contributed by atoms with Crippen molar-refractivity contribution < 1.29 is 0 Å². The van der Waals surface area contributed by atoms with Crippen molar-refractivity contribution in [3.8, 4) is 33.5 Å². The van der Waals surface area contributed by atoms with E-state index in [9.17, 15) is 0 Å². The molecule has 0 amide bonds. The minimum absolute atomic E-state index is 0.164. The van der Waals surface area contributed by atoms with Gasteiger partial charge >= 0.3 is 0 Å². The van der Waals surface area contributed by atoms with E-state index in [1.165, 1.54) is 60.8 Å². The van der Waals surface area contributed by atoms with Gasteiger partial charge in [0.15, 0.2) is 0 Å². The largest absolute Gasteiger partial charge is 0.308 e. The molecule has 0 radical (unpaired) electrons. The standard InChI is InChI=1S/C50H38N2/c1-49(2)45-30-34(47-29-26-37(32-51-47)52(36-16-5-4-6-17-36)48-23-13-15-33-14-7-8-18-38(33)48)24-27-41(45)42-28-25-35(31-46(42)49)50(3)43-21-11-9-19-39(43)40-20-10-12-22-44(40)50/h4-32H,1-3H3. The molecule has 52 heavy (non-hydrogen) atoms. The van der Waals surface area contributed by atoms with Crippen molar-refractivity contribution in [2.45, 2.75) is 31.6 Å². The van der Waals surface area contributed by atoms with Crippen LogP contribution in [-0.4, -0.2) is 4.98 Å². The van der Waals surface area contributed by atoms with Crippen LogP contribution in [0.3, 0.4) is 0 Å². The first-order valence-corrected chi connectivity index (χ1v) is 18.2.